The van der Waals surface area contributed by atoms with E-state index in [-0.39, 0.29) is 24.9 Å². The molecule has 3 aromatic rings. The lowest BCUT2D eigenvalue weighted by atomic mass is 10.1. The molecule has 0 fully saturated rings. The van der Waals surface area contributed by atoms with Gasteiger partial charge >= 0.3 is 0 Å². The first-order valence-corrected chi connectivity index (χ1v) is 7.44. The number of amides is 2. The molecule has 24 heavy (non-hydrogen) atoms. The standard InChI is InChI=1S/C18H16N2O4/c21-17(19-11-13-5-3-9-23-13)15-7-1-2-8-16(15)18(22)20-12-14-6-4-10-24-14/h1-10H,11-12H2,(H,19,21)(H,20,22). The Morgan fingerprint density at radius 2 is 1.17 bits per heavy atom. The molecule has 2 amide bonds. The van der Waals surface area contributed by atoms with Gasteiger partial charge in [0.15, 0.2) is 0 Å². The van der Waals surface area contributed by atoms with E-state index in [1.54, 1.807) is 48.5 Å². The normalized spacial score (nSPS) is 10.3. The summed E-state index contributed by atoms with van der Waals surface area (Å²) in [5.74, 6) is 0.608. The third-order valence-electron chi connectivity index (χ3n) is 3.42. The summed E-state index contributed by atoms with van der Waals surface area (Å²) in [6.07, 6.45) is 3.08. The molecule has 6 nitrogen and oxygen atoms in total. The molecule has 0 aliphatic heterocycles. The molecule has 0 atom stereocenters. The minimum absolute atomic E-state index is 0.258. The molecule has 1 aromatic carbocycles. The molecule has 0 saturated carbocycles. The number of hydrogen-bond acceptors (Lipinski definition) is 4. The predicted octanol–water partition coefficient (Wildman–Crippen LogP) is 2.73. The Kier molecular flexibility index (Phi) is 4.76. The molecule has 6 heteroatoms. The summed E-state index contributed by atoms with van der Waals surface area (Å²) in [5, 5.41) is 5.47. The van der Waals surface area contributed by atoms with Gasteiger partial charge in [0.25, 0.3) is 11.8 Å². The Morgan fingerprint density at radius 3 is 1.54 bits per heavy atom. The SMILES string of the molecule is O=C(NCc1ccco1)c1ccccc1C(=O)NCc1ccco1. The van der Waals surface area contributed by atoms with Gasteiger partial charge in [-0.2, -0.15) is 0 Å². The van der Waals surface area contributed by atoms with Crippen molar-refractivity contribution in [3.8, 4) is 0 Å². The van der Waals surface area contributed by atoms with Crippen LogP contribution in [0.1, 0.15) is 32.2 Å². The Labute approximate surface area is 138 Å². The van der Waals surface area contributed by atoms with E-state index in [4.69, 9.17) is 8.83 Å². The first-order chi connectivity index (χ1) is 11.7. The van der Waals surface area contributed by atoms with Crippen molar-refractivity contribution in [2.24, 2.45) is 0 Å². The number of furan rings is 2. The fraction of sp³-hybridized carbons (Fsp3) is 0.111. The quantitative estimate of drug-likeness (QED) is 0.730. The van der Waals surface area contributed by atoms with Crippen molar-refractivity contribution in [2.75, 3.05) is 0 Å². The van der Waals surface area contributed by atoms with Gasteiger partial charge in [-0.1, -0.05) is 12.1 Å². The summed E-state index contributed by atoms with van der Waals surface area (Å²) in [4.78, 5) is 24.7. The molecule has 0 aliphatic carbocycles. The third-order valence-corrected chi connectivity index (χ3v) is 3.42. The maximum Gasteiger partial charge on any atom is 0.252 e. The lowest BCUT2D eigenvalue weighted by Gasteiger charge is -2.09. The number of carbonyl (C=O) groups is 2. The van der Waals surface area contributed by atoms with Crippen LogP contribution in [0.5, 0.6) is 0 Å². The molecule has 0 spiro atoms. The van der Waals surface area contributed by atoms with Crippen LogP contribution in [0, 0.1) is 0 Å². The molecule has 3 rings (SSSR count). The molecule has 122 valence electrons. The van der Waals surface area contributed by atoms with Crippen LogP contribution in [-0.2, 0) is 13.1 Å². The van der Waals surface area contributed by atoms with Crippen LogP contribution in [0.25, 0.3) is 0 Å². The molecule has 0 saturated heterocycles. The molecule has 2 heterocycles. The van der Waals surface area contributed by atoms with Crippen LogP contribution >= 0.6 is 0 Å². The van der Waals surface area contributed by atoms with Crippen molar-refractivity contribution in [3.05, 3.63) is 83.7 Å². The van der Waals surface area contributed by atoms with Crippen LogP contribution in [0.15, 0.2) is 69.9 Å². The maximum absolute atomic E-state index is 12.3. The van der Waals surface area contributed by atoms with E-state index in [0.29, 0.717) is 22.6 Å². The van der Waals surface area contributed by atoms with Gasteiger partial charge in [0, 0.05) is 0 Å². The van der Waals surface area contributed by atoms with Gasteiger partial charge in [-0.15, -0.1) is 0 Å². The maximum atomic E-state index is 12.3. The van der Waals surface area contributed by atoms with Crippen LogP contribution in [0.2, 0.25) is 0 Å². The van der Waals surface area contributed by atoms with E-state index in [9.17, 15) is 9.59 Å². The molecule has 2 aromatic heterocycles. The monoisotopic (exact) mass is 324 g/mol. The van der Waals surface area contributed by atoms with Crippen molar-refractivity contribution >= 4 is 11.8 Å². The minimum Gasteiger partial charge on any atom is -0.467 e. The number of benzene rings is 1. The van der Waals surface area contributed by atoms with Gasteiger partial charge in [-0.05, 0) is 36.4 Å². The molecule has 0 bridgehead atoms. The zero-order valence-electron chi connectivity index (χ0n) is 12.8. The lowest BCUT2D eigenvalue weighted by Crippen LogP contribution is -2.28. The van der Waals surface area contributed by atoms with Crippen molar-refractivity contribution in [1.29, 1.82) is 0 Å². The Balaban J connectivity index is 1.67. The van der Waals surface area contributed by atoms with Gasteiger partial charge in [-0.3, -0.25) is 9.59 Å². The number of rotatable bonds is 6. The highest BCUT2D eigenvalue weighted by Crippen LogP contribution is 2.10. The van der Waals surface area contributed by atoms with Crippen molar-refractivity contribution in [1.82, 2.24) is 10.6 Å². The average molecular weight is 324 g/mol. The smallest absolute Gasteiger partial charge is 0.252 e. The van der Waals surface area contributed by atoms with E-state index in [2.05, 4.69) is 10.6 Å². The van der Waals surface area contributed by atoms with Crippen molar-refractivity contribution in [3.63, 3.8) is 0 Å². The molecular weight excluding hydrogens is 308 g/mol. The zero-order chi connectivity index (χ0) is 16.8. The van der Waals surface area contributed by atoms with Gasteiger partial charge in [0.1, 0.15) is 11.5 Å². The van der Waals surface area contributed by atoms with E-state index in [1.807, 2.05) is 0 Å². The summed E-state index contributed by atoms with van der Waals surface area (Å²) in [7, 11) is 0. The highest BCUT2D eigenvalue weighted by Gasteiger charge is 2.16. The second kappa shape index (κ2) is 7.32. The van der Waals surface area contributed by atoms with E-state index in [0.717, 1.165) is 0 Å². The van der Waals surface area contributed by atoms with Gasteiger partial charge in [0.2, 0.25) is 0 Å². The van der Waals surface area contributed by atoms with E-state index in [1.165, 1.54) is 12.5 Å². The molecule has 0 radical (unpaired) electrons. The minimum atomic E-state index is -0.338. The first kappa shape index (κ1) is 15.6. The third kappa shape index (κ3) is 3.73. The molecule has 0 unspecified atom stereocenters. The Bertz CT molecular complexity index is 738. The fourth-order valence-electron chi connectivity index (χ4n) is 2.23. The van der Waals surface area contributed by atoms with Gasteiger partial charge in [0.05, 0.1) is 36.7 Å². The predicted molar refractivity (Wildman–Crippen MR) is 86.2 cm³/mol. The molecule has 2 N–H and O–H groups in total. The van der Waals surface area contributed by atoms with Crippen LogP contribution in [-0.4, -0.2) is 11.8 Å². The van der Waals surface area contributed by atoms with Crippen molar-refractivity contribution in [2.45, 2.75) is 13.1 Å². The lowest BCUT2D eigenvalue weighted by molar-refractivity contribution is 0.0914. The zero-order valence-corrected chi connectivity index (χ0v) is 12.8. The highest BCUT2D eigenvalue weighted by atomic mass is 16.3. The van der Waals surface area contributed by atoms with Gasteiger partial charge in [-0.25, -0.2) is 0 Å². The topological polar surface area (TPSA) is 84.5 Å². The number of hydrogen-bond donors (Lipinski definition) is 2. The highest BCUT2D eigenvalue weighted by molar-refractivity contribution is 6.07. The van der Waals surface area contributed by atoms with Crippen LogP contribution < -0.4 is 10.6 Å². The van der Waals surface area contributed by atoms with Crippen molar-refractivity contribution < 1.29 is 18.4 Å². The largest absolute Gasteiger partial charge is 0.467 e. The fourth-order valence-corrected chi connectivity index (χ4v) is 2.23. The number of nitrogens with one attached hydrogen (secondary N) is 2. The second-order valence-corrected chi connectivity index (χ2v) is 5.07. The summed E-state index contributed by atoms with van der Waals surface area (Å²) in [5.41, 5.74) is 0.613. The first-order valence-electron chi connectivity index (χ1n) is 7.44. The number of carbonyl (C=O) groups excluding carboxylic acids is 2. The van der Waals surface area contributed by atoms with Gasteiger partial charge < -0.3 is 19.5 Å². The molecule has 0 aliphatic rings. The van der Waals surface area contributed by atoms with Crippen LogP contribution in [0.4, 0.5) is 0 Å². The Hall–Kier alpha value is -3.28. The summed E-state index contributed by atoms with van der Waals surface area (Å²) >= 11 is 0. The van der Waals surface area contributed by atoms with E-state index < -0.39 is 0 Å². The second-order valence-electron chi connectivity index (χ2n) is 5.07. The summed E-state index contributed by atoms with van der Waals surface area (Å²) in [6, 6.07) is 13.7. The Morgan fingerprint density at radius 1 is 0.708 bits per heavy atom. The average Bonchev–Trinajstić information content (AvgIpc) is 3.31. The molecular formula is C18H16N2O4. The summed E-state index contributed by atoms with van der Waals surface area (Å²) in [6.45, 7) is 0.516. The summed E-state index contributed by atoms with van der Waals surface area (Å²) < 4.78 is 10.3. The van der Waals surface area contributed by atoms with E-state index >= 15 is 0 Å². The van der Waals surface area contributed by atoms with Crippen LogP contribution in [0.3, 0.4) is 0 Å².